The van der Waals surface area contributed by atoms with Crippen molar-refractivity contribution in [3.8, 4) is 17.2 Å². The van der Waals surface area contributed by atoms with E-state index in [2.05, 4.69) is 5.32 Å². The highest BCUT2D eigenvalue weighted by molar-refractivity contribution is 6.31. The van der Waals surface area contributed by atoms with Crippen LogP contribution in [-0.2, 0) is 9.59 Å². The molecule has 0 radical (unpaired) electrons. The van der Waals surface area contributed by atoms with Gasteiger partial charge >= 0.3 is 6.03 Å². The Balaban J connectivity index is 1.71. The lowest BCUT2D eigenvalue weighted by molar-refractivity contribution is -0.131. The molecule has 1 N–H and O–H groups in total. The zero-order valence-corrected chi connectivity index (χ0v) is 16.9. The molecule has 4 amide bonds. The van der Waals surface area contributed by atoms with Gasteiger partial charge in [0.15, 0.2) is 11.6 Å². The van der Waals surface area contributed by atoms with E-state index in [-0.39, 0.29) is 28.7 Å². The van der Waals surface area contributed by atoms with Crippen LogP contribution in [0.3, 0.4) is 0 Å². The Bertz CT molecular complexity index is 1060. The normalized spacial score (nSPS) is 18.5. The van der Waals surface area contributed by atoms with Gasteiger partial charge in [0.1, 0.15) is 17.1 Å². The van der Waals surface area contributed by atoms with Gasteiger partial charge < -0.3 is 9.47 Å². The smallest absolute Gasteiger partial charge is 0.331 e. The van der Waals surface area contributed by atoms with Crippen LogP contribution in [0.4, 0.5) is 9.18 Å². The van der Waals surface area contributed by atoms with Crippen molar-refractivity contribution >= 4 is 23.9 Å². The van der Waals surface area contributed by atoms with Crippen LogP contribution in [0, 0.1) is 5.82 Å². The number of rotatable bonds is 5. The Morgan fingerprint density at radius 1 is 1.06 bits per heavy atom. The third-order valence-corrected chi connectivity index (χ3v) is 5.38. The second kappa shape index (κ2) is 8.59. The van der Waals surface area contributed by atoms with Crippen molar-refractivity contribution in [2.24, 2.45) is 0 Å². The van der Waals surface area contributed by atoms with E-state index in [1.54, 1.807) is 30.3 Å². The topological polar surface area (TPSA) is 84.9 Å². The van der Waals surface area contributed by atoms with Crippen molar-refractivity contribution in [3.63, 3.8) is 0 Å². The number of para-hydroxylation sites is 1. The van der Waals surface area contributed by atoms with Crippen LogP contribution in [0.25, 0.3) is 6.08 Å². The first-order valence-electron chi connectivity index (χ1n) is 9.99. The highest BCUT2D eigenvalue weighted by atomic mass is 19.1. The Hall–Kier alpha value is -3.68. The van der Waals surface area contributed by atoms with Crippen molar-refractivity contribution in [3.05, 3.63) is 59.4 Å². The number of imide groups is 2. The Kier molecular flexibility index (Phi) is 5.70. The van der Waals surface area contributed by atoms with Crippen LogP contribution in [0.2, 0.25) is 0 Å². The number of hydrogen-bond acceptors (Lipinski definition) is 5. The molecular formula is C23H21FN2O5. The van der Waals surface area contributed by atoms with E-state index < -0.39 is 23.7 Å². The fourth-order valence-corrected chi connectivity index (χ4v) is 3.85. The Morgan fingerprint density at radius 3 is 2.45 bits per heavy atom. The summed E-state index contributed by atoms with van der Waals surface area (Å²) >= 11 is 0. The molecule has 0 unspecified atom stereocenters. The van der Waals surface area contributed by atoms with Crippen molar-refractivity contribution < 1.29 is 28.2 Å². The molecule has 2 aliphatic rings. The van der Waals surface area contributed by atoms with E-state index in [1.807, 2.05) is 0 Å². The molecule has 1 saturated heterocycles. The first-order valence-corrected chi connectivity index (χ1v) is 9.99. The van der Waals surface area contributed by atoms with Crippen molar-refractivity contribution in [1.29, 1.82) is 0 Å². The van der Waals surface area contributed by atoms with Gasteiger partial charge in [-0.1, -0.05) is 31.0 Å². The fraction of sp³-hybridized carbons (Fsp3) is 0.261. The van der Waals surface area contributed by atoms with Crippen LogP contribution in [-0.4, -0.2) is 35.9 Å². The number of ether oxygens (including phenoxy) is 2. The van der Waals surface area contributed by atoms with E-state index in [0.29, 0.717) is 18.6 Å². The monoisotopic (exact) mass is 424 g/mol. The summed E-state index contributed by atoms with van der Waals surface area (Å²) in [7, 11) is 1.35. The molecular weight excluding hydrogens is 403 g/mol. The van der Waals surface area contributed by atoms with Gasteiger partial charge in [-0.05, 0) is 37.1 Å². The zero-order valence-electron chi connectivity index (χ0n) is 16.9. The van der Waals surface area contributed by atoms with E-state index >= 15 is 0 Å². The number of urea groups is 1. The van der Waals surface area contributed by atoms with Crippen LogP contribution >= 0.6 is 0 Å². The van der Waals surface area contributed by atoms with Crippen molar-refractivity contribution in [1.82, 2.24) is 10.2 Å². The summed E-state index contributed by atoms with van der Waals surface area (Å²) in [6, 6.07) is 10.2. The van der Waals surface area contributed by atoms with Gasteiger partial charge in [-0.15, -0.1) is 0 Å². The minimum atomic E-state index is -0.804. The molecule has 2 aromatic rings. The number of hydrogen-bond donors (Lipinski definition) is 1. The molecule has 2 aromatic carbocycles. The summed E-state index contributed by atoms with van der Waals surface area (Å²) in [5, 5.41) is 2.22. The summed E-state index contributed by atoms with van der Waals surface area (Å²) in [4.78, 5) is 38.8. The molecule has 4 rings (SSSR count). The number of halogens is 1. The Morgan fingerprint density at radius 2 is 1.77 bits per heavy atom. The fourth-order valence-electron chi connectivity index (χ4n) is 3.85. The molecule has 1 heterocycles. The Labute approximate surface area is 178 Å². The minimum absolute atomic E-state index is 0.0914. The quantitative estimate of drug-likeness (QED) is 0.579. The summed E-state index contributed by atoms with van der Waals surface area (Å²) in [6.45, 7) is 0. The maximum absolute atomic E-state index is 14.5. The molecule has 0 spiro atoms. The van der Waals surface area contributed by atoms with Crippen LogP contribution in [0.5, 0.6) is 17.2 Å². The molecule has 1 saturated carbocycles. The number of benzene rings is 2. The number of amides is 4. The average molecular weight is 424 g/mol. The molecule has 1 aliphatic carbocycles. The first-order chi connectivity index (χ1) is 15.0. The van der Waals surface area contributed by atoms with Crippen LogP contribution in [0.15, 0.2) is 48.0 Å². The highest BCUT2D eigenvalue weighted by Crippen LogP contribution is 2.33. The molecule has 0 aromatic heterocycles. The molecule has 160 valence electrons. The summed E-state index contributed by atoms with van der Waals surface area (Å²) in [5.74, 6) is -1.68. The third-order valence-electron chi connectivity index (χ3n) is 5.38. The molecule has 7 nitrogen and oxygen atoms in total. The SMILES string of the molecule is COc1cc(F)c(Oc2ccccc2)cc1/C=C1\C(=O)NC(=O)N(C2CCCC2)C1=O. The lowest BCUT2D eigenvalue weighted by atomic mass is 10.0. The molecule has 31 heavy (non-hydrogen) atoms. The number of nitrogens with zero attached hydrogens (tertiary/aromatic N) is 1. The maximum Gasteiger partial charge on any atom is 0.331 e. The van der Waals surface area contributed by atoms with Gasteiger partial charge in [-0.2, -0.15) is 0 Å². The van der Waals surface area contributed by atoms with E-state index in [9.17, 15) is 18.8 Å². The minimum Gasteiger partial charge on any atom is -0.496 e. The highest BCUT2D eigenvalue weighted by Gasteiger charge is 2.40. The lowest BCUT2D eigenvalue weighted by Crippen LogP contribution is -2.57. The maximum atomic E-state index is 14.5. The molecule has 2 fully saturated rings. The van der Waals surface area contributed by atoms with Gasteiger partial charge in [0.05, 0.1) is 7.11 Å². The predicted molar refractivity (Wildman–Crippen MR) is 110 cm³/mol. The largest absolute Gasteiger partial charge is 0.496 e. The molecule has 0 atom stereocenters. The average Bonchev–Trinajstić information content (AvgIpc) is 3.28. The predicted octanol–water partition coefficient (Wildman–Crippen LogP) is 4.03. The zero-order chi connectivity index (χ0) is 22.0. The van der Waals surface area contributed by atoms with Crippen molar-refractivity contribution in [2.45, 2.75) is 31.7 Å². The lowest BCUT2D eigenvalue weighted by Gasteiger charge is -2.31. The van der Waals surface area contributed by atoms with Gasteiger partial charge in [0.25, 0.3) is 11.8 Å². The number of barbiturate groups is 1. The standard InChI is InChI=1S/C23H21FN2O5/c1-30-19-13-18(24)20(31-16-9-3-2-4-10-16)12-14(19)11-17-21(27)25-23(29)26(22(17)28)15-7-5-6-8-15/h2-4,9-13,15H,5-8H2,1H3,(H,25,27,29)/b17-11+. The number of carbonyl (C=O) groups is 3. The van der Waals surface area contributed by atoms with E-state index in [1.165, 1.54) is 19.3 Å². The number of carbonyl (C=O) groups excluding carboxylic acids is 3. The molecule has 0 bridgehead atoms. The third kappa shape index (κ3) is 4.14. The molecule has 1 aliphatic heterocycles. The van der Waals surface area contributed by atoms with E-state index in [4.69, 9.17) is 9.47 Å². The number of nitrogens with one attached hydrogen (secondary N) is 1. The number of methoxy groups -OCH3 is 1. The van der Waals surface area contributed by atoms with Crippen LogP contribution < -0.4 is 14.8 Å². The second-order valence-electron chi connectivity index (χ2n) is 7.37. The van der Waals surface area contributed by atoms with Gasteiger partial charge in [-0.25, -0.2) is 9.18 Å². The van der Waals surface area contributed by atoms with Gasteiger partial charge in [0, 0.05) is 17.7 Å². The van der Waals surface area contributed by atoms with Gasteiger partial charge in [-0.3, -0.25) is 19.8 Å². The summed E-state index contributed by atoms with van der Waals surface area (Å²) in [6.07, 6.45) is 4.54. The second-order valence-corrected chi connectivity index (χ2v) is 7.37. The molecule has 8 heteroatoms. The van der Waals surface area contributed by atoms with Gasteiger partial charge in [0.2, 0.25) is 0 Å². The van der Waals surface area contributed by atoms with E-state index in [0.717, 1.165) is 23.8 Å². The van der Waals surface area contributed by atoms with Crippen molar-refractivity contribution in [2.75, 3.05) is 7.11 Å². The summed E-state index contributed by atoms with van der Waals surface area (Å²) < 4.78 is 25.4. The van der Waals surface area contributed by atoms with Crippen LogP contribution in [0.1, 0.15) is 31.2 Å². The summed E-state index contributed by atoms with van der Waals surface area (Å²) in [5.41, 5.74) is 0.0520. The first kappa shape index (κ1) is 20.6.